The molecule has 0 amide bonds. The highest BCUT2D eigenvalue weighted by Crippen LogP contribution is 2.27. The molecule has 0 spiro atoms. The number of aromatic nitrogens is 1. The molecule has 1 atom stereocenters. The molecular formula is C16H22N2. The molecule has 1 heterocycles. The Bertz CT molecular complexity index is 500. The smallest absolute Gasteiger partial charge is 0.0705 e. The Labute approximate surface area is 109 Å². The van der Waals surface area contributed by atoms with Gasteiger partial charge >= 0.3 is 0 Å². The molecular weight excluding hydrogens is 220 g/mol. The Morgan fingerprint density at radius 2 is 2.00 bits per heavy atom. The van der Waals surface area contributed by atoms with Gasteiger partial charge in [0.05, 0.1) is 5.52 Å². The fourth-order valence-corrected chi connectivity index (χ4v) is 2.40. The van der Waals surface area contributed by atoms with Crippen molar-refractivity contribution in [1.82, 2.24) is 10.3 Å². The van der Waals surface area contributed by atoms with Gasteiger partial charge in [0.25, 0.3) is 0 Å². The third kappa shape index (κ3) is 2.70. The van der Waals surface area contributed by atoms with Crippen LogP contribution in [0.2, 0.25) is 0 Å². The van der Waals surface area contributed by atoms with Gasteiger partial charge in [0.1, 0.15) is 0 Å². The first kappa shape index (κ1) is 13.0. The van der Waals surface area contributed by atoms with Crippen LogP contribution in [-0.4, -0.2) is 11.5 Å². The van der Waals surface area contributed by atoms with E-state index in [1.54, 1.807) is 0 Å². The fourth-order valence-electron chi connectivity index (χ4n) is 2.40. The number of fused-ring (bicyclic) bond motifs is 1. The number of hydrogen-bond donors (Lipinski definition) is 1. The summed E-state index contributed by atoms with van der Waals surface area (Å²) >= 11 is 0. The lowest BCUT2D eigenvalue weighted by Gasteiger charge is -2.24. The van der Waals surface area contributed by atoms with Crippen LogP contribution in [0.1, 0.15) is 38.8 Å². The Balaban J connectivity index is 2.43. The summed E-state index contributed by atoms with van der Waals surface area (Å²) in [6.45, 7) is 7.79. The normalized spacial score (nSPS) is 13.1. The topological polar surface area (TPSA) is 24.9 Å². The Morgan fingerprint density at radius 1 is 1.17 bits per heavy atom. The van der Waals surface area contributed by atoms with Gasteiger partial charge in [0.15, 0.2) is 0 Å². The average molecular weight is 242 g/mol. The molecule has 2 nitrogen and oxygen atoms in total. The van der Waals surface area contributed by atoms with Crippen molar-refractivity contribution in [2.45, 2.75) is 33.2 Å². The van der Waals surface area contributed by atoms with Gasteiger partial charge < -0.3 is 5.32 Å². The summed E-state index contributed by atoms with van der Waals surface area (Å²) in [4.78, 5) is 4.44. The molecule has 0 bridgehead atoms. The second-order valence-corrected chi connectivity index (χ2v) is 5.09. The zero-order valence-electron chi connectivity index (χ0n) is 11.5. The van der Waals surface area contributed by atoms with Crippen LogP contribution in [0, 0.1) is 5.92 Å². The number of hydrogen-bond acceptors (Lipinski definition) is 2. The molecule has 0 aliphatic rings. The highest BCUT2D eigenvalue weighted by atomic mass is 14.9. The molecule has 1 N–H and O–H groups in total. The minimum Gasteiger partial charge on any atom is -0.310 e. The van der Waals surface area contributed by atoms with Gasteiger partial charge in [0, 0.05) is 17.6 Å². The second-order valence-electron chi connectivity index (χ2n) is 5.09. The monoisotopic (exact) mass is 242 g/mol. The van der Waals surface area contributed by atoms with E-state index in [-0.39, 0.29) is 0 Å². The second kappa shape index (κ2) is 5.96. The van der Waals surface area contributed by atoms with Crippen LogP contribution in [0.3, 0.4) is 0 Å². The number of pyridine rings is 1. The zero-order chi connectivity index (χ0) is 13.0. The largest absolute Gasteiger partial charge is 0.310 e. The highest BCUT2D eigenvalue weighted by Gasteiger charge is 2.17. The van der Waals surface area contributed by atoms with Crippen LogP contribution in [0.4, 0.5) is 0 Å². The number of benzene rings is 1. The summed E-state index contributed by atoms with van der Waals surface area (Å²) in [5.41, 5.74) is 2.45. The molecule has 0 fully saturated rings. The summed E-state index contributed by atoms with van der Waals surface area (Å²) in [5.74, 6) is 0.572. The quantitative estimate of drug-likeness (QED) is 0.859. The lowest BCUT2D eigenvalue weighted by Crippen LogP contribution is -2.26. The summed E-state index contributed by atoms with van der Waals surface area (Å²) in [6, 6.07) is 11.0. The van der Waals surface area contributed by atoms with Gasteiger partial charge in [-0.2, -0.15) is 0 Å². The molecule has 0 radical (unpaired) electrons. The molecule has 2 aromatic rings. The minimum absolute atomic E-state index is 0.401. The summed E-state index contributed by atoms with van der Waals surface area (Å²) in [7, 11) is 0. The van der Waals surface area contributed by atoms with Gasteiger partial charge in [0.2, 0.25) is 0 Å². The third-order valence-corrected chi connectivity index (χ3v) is 3.30. The first-order chi connectivity index (χ1) is 8.74. The van der Waals surface area contributed by atoms with E-state index in [1.165, 1.54) is 10.9 Å². The van der Waals surface area contributed by atoms with Crippen LogP contribution in [0.15, 0.2) is 36.5 Å². The Kier molecular flexibility index (Phi) is 4.32. The average Bonchev–Trinajstić information content (AvgIpc) is 2.39. The lowest BCUT2D eigenvalue weighted by molar-refractivity contribution is 0.415. The van der Waals surface area contributed by atoms with E-state index in [0.717, 1.165) is 18.5 Å². The molecule has 1 aromatic heterocycles. The summed E-state index contributed by atoms with van der Waals surface area (Å²) < 4.78 is 0. The van der Waals surface area contributed by atoms with Crippen molar-refractivity contribution in [1.29, 1.82) is 0 Å². The van der Waals surface area contributed by atoms with E-state index in [1.807, 2.05) is 12.3 Å². The van der Waals surface area contributed by atoms with Gasteiger partial charge in [-0.15, -0.1) is 0 Å². The van der Waals surface area contributed by atoms with Crippen LogP contribution >= 0.6 is 0 Å². The molecule has 0 saturated heterocycles. The summed E-state index contributed by atoms with van der Waals surface area (Å²) in [5, 5.41) is 4.92. The molecule has 96 valence electrons. The van der Waals surface area contributed by atoms with E-state index < -0.39 is 0 Å². The maximum atomic E-state index is 4.44. The molecule has 1 aromatic carbocycles. The minimum atomic E-state index is 0.401. The van der Waals surface area contributed by atoms with E-state index in [4.69, 9.17) is 0 Å². The molecule has 18 heavy (non-hydrogen) atoms. The third-order valence-electron chi connectivity index (χ3n) is 3.30. The van der Waals surface area contributed by atoms with Gasteiger partial charge in [-0.05, 0) is 36.6 Å². The van der Waals surface area contributed by atoms with E-state index in [0.29, 0.717) is 12.0 Å². The Morgan fingerprint density at radius 3 is 2.72 bits per heavy atom. The molecule has 2 heteroatoms. The fraction of sp³-hybridized carbons (Fsp3) is 0.438. The van der Waals surface area contributed by atoms with Gasteiger partial charge in [-0.1, -0.05) is 39.0 Å². The highest BCUT2D eigenvalue weighted by molar-refractivity contribution is 5.82. The molecule has 2 rings (SSSR count). The predicted molar refractivity (Wildman–Crippen MR) is 77.6 cm³/mol. The first-order valence-electron chi connectivity index (χ1n) is 6.81. The SMILES string of the molecule is CCCNC(c1cccc2ncccc12)C(C)C. The van der Waals surface area contributed by atoms with Crippen molar-refractivity contribution >= 4 is 10.9 Å². The van der Waals surface area contributed by atoms with E-state index >= 15 is 0 Å². The Hall–Kier alpha value is -1.41. The maximum Gasteiger partial charge on any atom is 0.0705 e. The first-order valence-corrected chi connectivity index (χ1v) is 6.81. The standard InChI is InChI=1S/C16H22N2/c1-4-10-18-16(12(2)3)14-7-5-9-15-13(14)8-6-11-17-15/h5-9,11-12,16,18H,4,10H2,1-3H3. The van der Waals surface area contributed by atoms with Crippen molar-refractivity contribution in [2.75, 3.05) is 6.54 Å². The van der Waals surface area contributed by atoms with Crippen molar-refractivity contribution in [3.05, 3.63) is 42.1 Å². The van der Waals surface area contributed by atoms with Crippen molar-refractivity contribution < 1.29 is 0 Å². The van der Waals surface area contributed by atoms with Gasteiger partial charge in [-0.25, -0.2) is 0 Å². The van der Waals surface area contributed by atoms with Crippen LogP contribution in [0.5, 0.6) is 0 Å². The van der Waals surface area contributed by atoms with Crippen molar-refractivity contribution in [3.8, 4) is 0 Å². The van der Waals surface area contributed by atoms with Crippen LogP contribution in [0.25, 0.3) is 10.9 Å². The van der Waals surface area contributed by atoms with Crippen molar-refractivity contribution in [2.24, 2.45) is 5.92 Å². The van der Waals surface area contributed by atoms with E-state index in [2.05, 4.69) is 55.3 Å². The number of rotatable bonds is 5. The predicted octanol–water partition coefficient (Wildman–Crippen LogP) is 3.93. The van der Waals surface area contributed by atoms with Gasteiger partial charge in [-0.3, -0.25) is 4.98 Å². The van der Waals surface area contributed by atoms with Crippen LogP contribution < -0.4 is 5.32 Å². The molecule has 0 saturated carbocycles. The van der Waals surface area contributed by atoms with E-state index in [9.17, 15) is 0 Å². The number of nitrogens with one attached hydrogen (secondary N) is 1. The van der Waals surface area contributed by atoms with Crippen molar-refractivity contribution in [3.63, 3.8) is 0 Å². The number of nitrogens with zero attached hydrogens (tertiary/aromatic N) is 1. The maximum absolute atomic E-state index is 4.44. The molecule has 1 unspecified atom stereocenters. The zero-order valence-corrected chi connectivity index (χ0v) is 11.5. The van der Waals surface area contributed by atoms with Crippen LogP contribution in [-0.2, 0) is 0 Å². The summed E-state index contributed by atoms with van der Waals surface area (Å²) in [6.07, 6.45) is 3.02. The molecule has 0 aliphatic heterocycles. The molecule has 0 aliphatic carbocycles. The lowest BCUT2D eigenvalue weighted by atomic mass is 9.93.